The van der Waals surface area contributed by atoms with E-state index in [1.165, 1.54) is 0 Å². The molecule has 0 atom stereocenters. The van der Waals surface area contributed by atoms with Gasteiger partial charge in [0.15, 0.2) is 0 Å². The molecule has 4 nitrogen and oxygen atoms in total. The van der Waals surface area contributed by atoms with Crippen LogP contribution in [0.15, 0.2) is 36.7 Å². The molecule has 4 heteroatoms. The molecule has 0 aliphatic heterocycles. The van der Waals surface area contributed by atoms with Gasteiger partial charge >= 0.3 is 5.97 Å². The van der Waals surface area contributed by atoms with Crippen LogP contribution in [-0.2, 0) is 6.61 Å². The van der Waals surface area contributed by atoms with Crippen molar-refractivity contribution in [1.82, 2.24) is 4.98 Å². The number of nitrogens with zero attached hydrogens (tertiary/aromatic N) is 1. The summed E-state index contributed by atoms with van der Waals surface area (Å²) in [5.74, 6) is -0.186. The second-order valence-corrected chi connectivity index (χ2v) is 4.39. The minimum absolute atomic E-state index is 0.284. The second kappa shape index (κ2) is 5.52. The maximum absolute atomic E-state index is 10.9. The predicted octanol–water partition coefficient (Wildman–Crippen LogP) is 2.98. The Bertz CT molecular complexity index is 571. The van der Waals surface area contributed by atoms with Crippen LogP contribution in [0.2, 0.25) is 0 Å². The van der Waals surface area contributed by atoms with E-state index in [1.807, 2.05) is 26.0 Å². The van der Waals surface area contributed by atoms with Gasteiger partial charge in [0, 0.05) is 12.4 Å². The van der Waals surface area contributed by atoms with Gasteiger partial charge in [-0.3, -0.25) is 4.98 Å². The number of carboxylic acid groups (broad SMARTS) is 1. The molecule has 0 fully saturated rings. The lowest BCUT2D eigenvalue weighted by Gasteiger charge is -2.13. The van der Waals surface area contributed by atoms with Crippen LogP contribution in [0.3, 0.4) is 0 Å². The van der Waals surface area contributed by atoms with Gasteiger partial charge in [-0.25, -0.2) is 4.79 Å². The molecule has 0 amide bonds. The molecule has 98 valence electrons. The van der Waals surface area contributed by atoms with Crippen LogP contribution in [0.4, 0.5) is 0 Å². The summed E-state index contributed by atoms with van der Waals surface area (Å²) < 4.78 is 5.77. The number of benzene rings is 1. The summed E-state index contributed by atoms with van der Waals surface area (Å²) in [6.07, 6.45) is 3.43. The molecule has 0 aliphatic rings. The molecule has 0 bridgehead atoms. The minimum Gasteiger partial charge on any atom is -0.488 e. The monoisotopic (exact) mass is 257 g/mol. The fourth-order valence-corrected chi connectivity index (χ4v) is 1.94. The zero-order valence-corrected chi connectivity index (χ0v) is 10.9. The van der Waals surface area contributed by atoms with Gasteiger partial charge in [-0.2, -0.15) is 0 Å². The van der Waals surface area contributed by atoms with E-state index in [-0.39, 0.29) is 5.56 Å². The highest BCUT2D eigenvalue weighted by molar-refractivity contribution is 5.88. The summed E-state index contributed by atoms with van der Waals surface area (Å²) in [5, 5.41) is 8.98. The maximum atomic E-state index is 10.9. The highest BCUT2D eigenvalue weighted by Crippen LogP contribution is 2.25. The Morgan fingerprint density at radius 3 is 2.32 bits per heavy atom. The van der Waals surface area contributed by atoms with E-state index in [0.29, 0.717) is 6.61 Å². The smallest absolute Gasteiger partial charge is 0.335 e. The second-order valence-electron chi connectivity index (χ2n) is 4.39. The zero-order valence-electron chi connectivity index (χ0n) is 10.9. The molecule has 1 aromatic heterocycles. The van der Waals surface area contributed by atoms with Crippen molar-refractivity contribution in [2.24, 2.45) is 0 Å². The first-order chi connectivity index (χ1) is 9.08. The normalized spacial score (nSPS) is 10.2. The fourth-order valence-electron chi connectivity index (χ4n) is 1.94. The van der Waals surface area contributed by atoms with Gasteiger partial charge in [-0.05, 0) is 54.8 Å². The number of carbonyl (C=O) groups is 1. The van der Waals surface area contributed by atoms with Crippen LogP contribution in [0.5, 0.6) is 5.75 Å². The van der Waals surface area contributed by atoms with Crippen LogP contribution in [0.1, 0.15) is 27.0 Å². The van der Waals surface area contributed by atoms with Crippen molar-refractivity contribution in [2.45, 2.75) is 20.5 Å². The van der Waals surface area contributed by atoms with Crippen molar-refractivity contribution in [2.75, 3.05) is 0 Å². The highest BCUT2D eigenvalue weighted by Gasteiger charge is 2.10. The Balaban J connectivity index is 2.19. The molecule has 0 aliphatic carbocycles. The van der Waals surface area contributed by atoms with E-state index in [0.717, 1.165) is 22.4 Å². The zero-order chi connectivity index (χ0) is 13.8. The lowest BCUT2D eigenvalue weighted by molar-refractivity contribution is 0.0696. The molecule has 0 radical (unpaired) electrons. The lowest BCUT2D eigenvalue weighted by atomic mass is 10.1. The summed E-state index contributed by atoms with van der Waals surface area (Å²) in [6, 6.07) is 7.01. The third kappa shape index (κ3) is 3.10. The average Bonchev–Trinajstić information content (AvgIpc) is 2.38. The van der Waals surface area contributed by atoms with Gasteiger partial charge in [0.25, 0.3) is 0 Å². The fraction of sp³-hybridized carbons (Fsp3) is 0.200. The summed E-state index contributed by atoms with van der Waals surface area (Å²) in [7, 11) is 0. The first-order valence-corrected chi connectivity index (χ1v) is 5.94. The molecule has 0 saturated heterocycles. The van der Waals surface area contributed by atoms with Crippen molar-refractivity contribution in [1.29, 1.82) is 0 Å². The Morgan fingerprint density at radius 2 is 1.79 bits per heavy atom. The number of aromatic carboxylic acids is 1. The first-order valence-electron chi connectivity index (χ1n) is 5.94. The van der Waals surface area contributed by atoms with E-state index in [1.54, 1.807) is 24.5 Å². The van der Waals surface area contributed by atoms with Crippen molar-refractivity contribution >= 4 is 5.97 Å². The largest absolute Gasteiger partial charge is 0.488 e. The predicted molar refractivity (Wildman–Crippen MR) is 71.4 cm³/mol. The molecule has 0 unspecified atom stereocenters. The molecule has 1 heterocycles. The third-order valence-corrected chi connectivity index (χ3v) is 2.84. The van der Waals surface area contributed by atoms with Crippen LogP contribution < -0.4 is 4.74 Å². The van der Waals surface area contributed by atoms with Crippen LogP contribution in [-0.4, -0.2) is 16.1 Å². The van der Waals surface area contributed by atoms with Gasteiger partial charge in [0.05, 0.1) is 5.56 Å². The molecule has 19 heavy (non-hydrogen) atoms. The van der Waals surface area contributed by atoms with Crippen LogP contribution in [0, 0.1) is 13.8 Å². The van der Waals surface area contributed by atoms with Gasteiger partial charge in [-0.15, -0.1) is 0 Å². The number of carboxylic acids is 1. The van der Waals surface area contributed by atoms with E-state index in [2.05, 4.69) is 4.98 Å². The van der Waals surface area contributed by atoms with Gasteiger partial charge < -0.3 is 9.84 Å². The number of pyridine rings is 1. The van der Waals surface area contributed by atoms with Crippen molar-refractivity contribution in [3.63, 3.8) is 0 Å². The maximum Gasteiger partial charge on any atom is 0.335 e. The van der Waals surface area contributed by atoms with Crippen molar-refractivity contribution < 1.29 is 14.6 Å². The highest BCUT2D eigenvalue weighted by atomic mass is 16.5. The standard InChI is InChI=1S/C15H15NO3/c1-10-7-13(15(17)18)8-11(2)14(10)19-9-12-3-5-16-6-4-12/h3-8H,9H2,1-2H3,(H,17,18). The lowest BCUT2D eigenvalue weighted by Crippen LogP contribution is -2.03. The van der Waals surface area contributed by atoms with Crippen molar-refractivity contribution in [3.8, 4) is 5.75 Å². The van der Waals surface area contributed by atoms with Gasteiger partial charge in [-0.1, -0.05) is 0 Å². The number of hydrogen-bond donors (Lipinski definition) is 1. The van der Waals surface area contributed by atoms with E-state index in [4.69, 9.17) is 9.84 Å². The van der Waals surface area contributed by atoms with Crippen LogP contribution in [0.25, 0.3) is 0 Å². The SMILES string of the molecule is Cc1cc(C(=O)O)cc(C)c1OCc1ccncc1. The molecule has 1 aromatic carbocycles. The number of rotatable bonds is 4. The Kier molecular flexibility index (Phi) is 3.80. The molecule has 1 N–H and O–H groups in total. The Hall–Kier alpha value is -2.36. The van der Waals surface area contributed by atoms with Gasteiger partial charge in [0.2, 0.25) is 0 Å². The van der Waals surface area contributed by atoms with Crippen molar-refractivity contribution in [3.05, 3.63) is 58.9 Å². The topological polar surface area (TPSA) is 59.4 Å². The minimum atomic E-state index is -0.924. The Labute approximate surface area is 111 Å². The summed E-state index contributed by atoms with van der Waals surface area (Å²) >= 11 is 0. The summed E-state index contributed by atoms with van der Waals surface area (Å²) in [5.41, 5.74) is 2.96. The first kappa shape index (κ1) is 13.1. The molecule has 2 aromatic rings. The molecule has 0 saturated carbocycles. The molecule has 2 rings (SSSR count). The summed E-state index contributed by atoms with van der Waals surface area (Å²) in [6.45, 7) is 4.14. The Morgan fingerprint density at radius 1 is 1.21 bits per heavy atom. The van der Waals surface area contributed by atoms with Crippen LogP contribution >= 0.6 is 0 Å². The van der Waals surface area contributed by atoms with E-state index < -0.39 is 5.97 Å². The number of aryl methyl sites for hydroxylation is 2. The number of aromatic nitrogens is 1. The molecule has 0 spiro atoms. The summed E-state index contributed by atoms with van der Waals surface area (Å²) in [4.78, 5) is 14.9. The average molecular weight is 257 g/mol. The molecular formula is C15H15NO3. The van der Waals surface area contributed by atoms with E-state index >= 15 is 0 Å². The van der Waals surface area contributed by atoms with Gasteiger partial charge in [0.1, 0.15) is 12.4 Å². The third-order valence-electron chi connectivity index (χ3n) is 2.84. The number of ether oxygens (including phenoxy) is 1. The van der Waals surface area contributed by atoms with E-state index in [9.17, 15) is 4.79 Å². The number of hydrogen-bond acceptors (Lipinski definition) is 3. The quantitative estimate of drug-likeness (QED) is 0.914. The molecular weight excluding hydrogens is 242 g/mol.